The van der Waals surface area contributed by atoms with Gasteiger partial charge in [0, 0.05) is 0 Å². The molecule has 0 radical (unpaired) electrons. The molecule has 0 amide bonds. The van der Waals surface area contributed by atoms with Gasteiger partial charge in [0.05, 0.1) is 5.41 Å². The van der Waals surface area contributed by atoms with E-state index in [1.165, 1.54) is 64.2 Å². The molecule has 0 heterocycles. The molecule has 0 spiro atoms. The van der Waals surface area contributed by atoms with E-state index in [4.69, 9.17) is 4.74 Å². The number of carbonyl (C=O) groups is 1. The number of unbranched alkanes of at least 4 members (excludes halogenated alkanes) is 8. The van der Waals surface area contributed by atoms with Crippen molar-refractivity contribution in [2.24, 2.45) is 5.41 Å². The zero-order valence-electron chi connectivity index (χ0n) is 15.3. The minimum atomic E-state index is -0.235. The summed E-state index contributed by atoms with van der Waals surface area (Å²) in [6, 6.07) is 0. The maximum Gasteiger partial charge on any atom is 0.312 e. The van der Waals surface area contributed by atoms with E-state index >= 15 is 0 Å². The van der Waals surface area contributed by atoms with Crippen LogP contribution >= 0.6 is 0 Å². The first-order valence-corrected chi connectivity index (χ1v) is 9.83. The smallest absolute Gasteiger partial charge is 0.312 e. The first kappa shape index (κ1) is 19.5. The van der Waals surface area contributed by atoms with Crippen molar-refractivity contribution in [3.05, 3.63) is 0 Å². The maximum absolute atomic E-state index is 12.5. The van der Waals surface area contributed by atoms with Gasteiger partial charge in [-0.25, -0.2) is 0 Å². The molecule has 0 saturated heterocycles. The lowest BCUT2D eigenvalue weighted by Gasteiger charge is -2.27. The van der Waals surface area contributed by atoms with Crippen LogP contribution in [0.1, 0.15) is 111 Å². The highest BCUT2D eigenvalue weighted by Crippen LogP contribution is 2.36. The normalized spacial score (nSPS) is 17.2. The number of esters is 1. The number of ether oxygens (including phenoxy) is 1. The summed E-state index contributed by atoms with van der Waals surface area (Å²) in [6.45, 7) is 6.63. The third kappa shape index (κ3) is 8.19. The van der Waals surface area contributed by atoms with Crippen molar-refractivity contribution in [1.82, 2.24) is 0 Å². The molecule has 1 atom stereocenters. The minimum absolute atomic E-state index is 0.0834. The Bertz CT molecular complexity index is 296. The van der Waals surface area contributed by atoms with E-state index in [0.29, 0.717) is 0 Å². The summed E-state index contributed by atoms with van der Waals surface area (Å²) in [4.78, 5) is 12.5. The second kappa shape index (κ2) is 11.1. The molecule has 2 nitrogen and oxygen atoms in total. The molecular weight excluding hydrogens is 272 g/mol. The minimum Gasteiger partial charge on any atom is -0.462 e. The van der Waals surface area contributed by atoms with Gasteiger partial charge in [0.1, 0.15) is 6.10 Å². The fraction of sp³-hybridized carbons (Fsp3) is 0.950. The van der Waals surface area contributed by atoms with Crippen LogP contribution in [0.5, 0.6) is 0 Å². The van der Waals surface area contributed by atoms with Crippen molar-refractivity contribution in [3.63, 3.8) is 0 Å². The standard InChI is InChI=1S/C20H38O2/c1-4-6-8-10-11-13-17-20(3,16-12-9-7-5-2)19(21)22-18-14-15-18/h18H,4-17H2,1-3H3. The lowest BCUT2D eigenvalue weighted by atomic mass is 9.79. The molecule has 1 aliphatic rings. The number of carbonyl (C=O) groups excluding carboxylic acids is 1. The topological polar surface area (TPSA) is 26.3 Å². The van der Waals surface area contributed by atoms with Crippen LogP contribution in [0.4, 0.5) is 0 Å². The molecule has 1 saturated carbocycles. The average molecular weight is 311 g/mol. The highest BCUT2D eigenvalue weighted by molar-refractivity contribution is 5.76. The van der Waals surface area contributed by atoms with E-state index in [0.717, 1.165) is 25.7 Å². The molecule has 0 aliphatic heterocycles. The van der Waals surface area contributed by atoms with Crippen LogP contribution in [-0.2, 0) is 9.53 Å². The first-order chi connectivity index (χ1) is 10.6. The quantitative estimate of drug-likeness (QED) is 0.273. The molecule has 2 heteroatoms. The Morgan fingerprint density at radius 3 is 1.82 bits per heavy atom. The van der Waals surface area contributed by atoms with Gasteiger partial charge in [0.15, 0.2) is 0 Å². The zero-order valence-corrected chi connectivity index (χ0v) is 15.3. The third-order valence-corrected chi connectivity index (χ3v) is 4.96. The molecular formula is C20H38O2. The fourth-order valence-electron chi connectivity index (χ4n) is 3.05. The molecule has 130 valence electrons. The summed E-state index contributed by atoms with van der Waals surface area (Å²) in [5.74, 6) is 0.0834. The molecule has 1 unspecified atom stereocenters. The van der Waals surface area contributed by atoms with Crippen molar-refractivity contribution in [2.45, 2.75) is 117 Å². The number of rotatable bonds is 14. The molecule has 1 aliphatic carbocycles. The van der Waals surface area contributed by atoms with E-state index in [1.807, 2.05) is 0 Å². The van der Waals surface area contributed by atoms with Crippen LogP contribution in [0.3, 0.4) is 0 Å². The van der Waals surface area contributed by atoms with Gasteiger partial charge >= 0.3 is 5.97 Å². The fourth-order valence-corrected chi connectivity index (χ4v) is 3.05. The second-order valence-electron chi connectivity index (χ2n) is 7.49. The Kier molecular flexibility index (Phi) is 9.82. The van der Waals surface area contributed by atoms with E-state index in [9.17, 15) is 4.79 Å². The van der Waals surface area contributed by atoms with Crippen molar-refractivity contribution >= 4 is 5.97 Å². The van der Waals surface area contributed by atoms with Crippen LogP contribution in [0, 0.1) is 5.41 Å². The molecule has 1 fully saturated rings. The average Bonchev–Trinajstić information content (AvgIpc) is 3.31. The van der Waals surface area contributed by atoms with E-state index in [2.05, 4.69) is 20.8 Å². The molecule has 1 rings (SSSR count). The van der Waals surface area contributed by atoms with E-state index in [1.54, 1.807) is 0 Å². The van der Waals surface area contributed by atoms with Gasteiger partial charge in [-0.3, -0.25) is 4.79 Å². The van der Waals surface area contributed by atoms with Crippen molar-refractivity contribution in [2.75, 3.05) is 0 Å². The summed E-state index contributed by atoms with van der Waals surface area (Å²) in [5, 5.41) is 0. The van der Waals surface area contributed by atoms with E-state index in [-0.39, 0.29) is 17.5 Å². The molecule has 0 aromatic carbocycles. The predicted octanol–water partition coefficient (Wildman–Crippen LogP) is 6.42. The molecule has 0 aromatic rings. The van der Waals surface area contributed by atoms with Crippen molar-refractivity contribution in [1.29, 1.82) is 0 Å². The van der Waals surface area contributed by atoms with Crippen molar-refractivity contribution in [3.8, 4) is 0 Å². The van der Waals surface area contributed by atoms with Gasteiger partial charge in [-0.1, -0.05) is 78.1 Å². The summed E-state index contributed by atoms with van der Waals surface area (Å²) < 4.78 is 5.64. The van der Waals surface area contributed by atoms with E-state index < -0.39 is 0 Å². The Hall–Kier alpha value is -0.530. The molecule has 0 aromatic heterocycles. The Balaban J connectivity index is 2.33. The number of hydrogen-bond donors (Lipinski definition) is 0. The molecule has 0 N–H and O–H groups in total. The predicted molar refractivity (Wildman–Crippen MR) is 94.0 cm³/mol. The molecule has 22 heavy (non-hydrogen) atoms. The first-order valence-electron chi connectivity index (χ1n) is 9.83. The third-order valence-electron chi connectivity index (χ3n) is 4.96. The summed E-state index contributed by atoms with van der Waals surface area (Å²) in [5.41, 5.74) is -0.235. The van der Waals surface area contributed by atoms with Gasteiger partial charge in [0.2, 0.25) is 0 Å². The van der Waals surface area contributed by atoms with Gasteiger partial charge < -0.3 is 4.74 Å². The lowest BCUT2D eigenvalue weighted by Crippen LogP contribution is -2.30. The second-order valence-corrected chi connectivity index (χ2v) is 7.49. The van der Waals surface area contributed by atoms with Crippen LogP contribution in [0.2, 0.25) is 0 Å². The number of hydrogen-bond acceptors (Lipinski definition) is 2. The van der Waals surface area contributed by atoms with Gasteiger partial charge in [0.25, 0.3) is 0 Å². The summed E-state index contributed by atoms with van der Waals surface area (Å²) >= 11 is 0. The van der Waals surface area contributed by atoms with Gasteiger partial charge in [-0.05, 0) is 32.6 Å². The van der Waals surface area contributed by atoms with Crippen LogP contribution < -0.4 is 0 Å². The maximum atomic E-state index is 12.5. The molecule has 0 bridgehead atoms. The highest BCUT2D eigenvalue weighted by Gasteiger charge is 2.37. The lowest BCUT2D eigenvalue weighted by molar-refractivity contribution is -0.157. The zero-order chi connectivity index (χ0) is 16.3. The largest absolute Gasteiger partial charge is 0.462 e. The SMILES string of the molecule is CCCCCCCCC(C)(CCCCCC)C(=O)OC1CC1. The van der Waals surface area contributed by atoms with Crippen LogP contribution in [0.25, 0.3) is 0 Å². The van der Waals surface area contributed by atoms with Crippen molar-refractivity contribution < 1.29 is 9.53 Å². The van der Waals surface area contributed by atoms with Crippen LogP contribution in [0.15, 0.2) is 0 Å². The van der Waals surface area contributed by atoms with Crippen LogP contribution in [-0.4, -0.2) is 12.1 Å². The summed E-state index contributed by atoms with van der Waals surface area (Å²) in [6.07, 6.45) is 17.1. The van der Waals surface area contributed by atoms with Gasteiger partial charge in [-0.15, -0.1) is 0 Å². The Morgan fingerprint density at radius 2 is 1.32 bits per heavy atom. The Morgan fingerprint density at radius 1 is 0.864 bits per heavy atom. The monoisotopic (exact) mass is 310 g/mol. The Labute approximate surface area is 138 Å². The highest BCUT2D eigenvalue weighted by atomic mass is 16.5. The summed E-state index contributed by atoms with van der Waals surface area (Å²) in [7, 11) is 0. The van der Waals surface area contributed by atoms with Gasteiger partial charge in [-0.2, -0.15) is 0 Å².